The zero-order chi connectivity index (χ0) is 8.10. The number of aliphatic hydroxyl groups is 1. The van der Waals surface area contributed by atoms with Crippen LogP contribution in [0.25, 0.3) is 0 Å². The molecule has 0 bridgehead atoms. The number of rotatable bonds is 3. The van der Waals surface area contributed by atoms with E-state index in [1.54, 1.807) is 0 Å². The summed E-state index contributed by atoms with van der Waals surface area (Å²) in [5.74, 6) is 0.448. The third kappa shape index (κ3) is 2.66. The number of aliphatic hydroxyl groups excluding tert-OH is 1. The van der Waals surface area contributed by atoms with E-state index in [4.69, 9.17) is 0 Å². The summed E-state index contributed by atoms with van der Waals surface area (Å²) < 4.78 is 0. The van der Waals surface area contributed by atoms with E-state index in [-0.39, 0.29) is 6.10 Å². The lowest BCUT2D eigenvalue weighted by Gasteiger charge is -2.22. The monoisotopic (exact) mass is 154 g/mol. The van der Waals surface area contributed by atoms with Gasteiger partial charge in [-0.1, -0.05) is 31.9 Å². The van der Waals surface area contributed by atoms with Gasteiger partial charge in [0.1, 0.15) is 0 Å². The third-order valence-corrected chi connectivity index (χ3v) is 2.40. The molecule has 1 nitrogen and oxygen atoms in total. The molecule has 2 atom stereocenters. The van der Waals surface area contributed by atoms with Crippen LogP contribution in [0.5, 0.6) is 0 Å². The normalized spacial score (nSPS) is 30.7. The number of unbranched alkanes of at least 4 members (excludes halogenated alkanes) is 1. The summed E-state index contributed by atoms with van der Waals surface area (Å²) in [5.41, 5.74) is 0. The summed E-state index contributed by atoms with van der Waals surface area (Å²) in [6.45, 7) is 2.19. The lowest BCUT2D eigenvalue weighted by molar-refractivity contribution is 0.111. The SMILES string of the molecule is CCCC[C@@H]1C=CCC[C@H]1O. The Hall–Kier alpha value is -0.300. The Bertz CT molecular complexity index is 129. The van der Waals surface area contributed by atoms with Crippen molar-refractivity contribution < 1.29 is 5.11 Å². The minimum atomic E-state index is -0.0634. The molecule has 1 aliphatic rings. The number of allylic oxidation sites excluding steroid dienone is 1. The van der Waals surface area contributed by atoms with Crippen LogP contribution < -0.4 is 0 Å². The summed E-state index contributed by atoms with van der Waals surface area (Å²) in [4.78, 5) is 0. The van der Waals surface area contributed by atoms with Crippen molar-refractivity contribution in [1.82, 2.24) is 0 Å². The Morgan fingerprint density at radius 3 is 3.00 bits per heavy atom. The molecule has 0 saturated carbocycles. The van der Waals surface area contributed by atoms with E-state index in [0.717, 1.165) is 19.3 Å². The smallest absolute Gasteiger partial charge is 0.0605 e. The molecule has 0 fully saturated rings. The van der Waals surface area contributed by atoms with Crippen LogP contribution in [0.3, 0.4) is 0 Å². The van der Waals surface area contributed by atoms with Gasteiger partial charge < -0.3 is 5.11 Å². The highest BCUT2D eigenvalue weighted by Crippen LogP contribution is 2.22. The summed E-state index contributed by atoms with van der Waals surface area (Å²) in [7, 11) is 0. The maximum Gasteiger partial charge on any atom is 0.0605 e. The van der Waals surface area contributed by atoms with Gasteiger partial charge in [-0.05, 0) is 19.3 Å². The van der Waals surface area contributed by atoms with Gasteiger partial charge in [0.15, 0.2) is 0 Å². The van der Waals surface area contributed by atoms with E-state index in [2.05, 4.69) is 19.1 Å². The highest BCUT2D eigenvalue weighted by atomic mass is 16.3. The summed E-state index contributed by atoms with van der Waals surface area (Å²) in [5, 5.41) is 9.54. The molecule has 0 radical (unpaired) electrons. The molecule has 0 aromatic carbocycles. The molecule has 0 heterocycles. The van der Waals surface area contributed by atoms with Gasteiger partial charge in [-0.2, -0.15) is 0 Å². The Morgan fingerprint density at radius 1 is 1.55 bits per heavy atom. The minimum Gasteiger partial charge on any atom is -0.393 e. The van der Waals surface area contributed by atoms with Crippen LogP contribution in [0.2, 0.25) is 0 Å². The molecule has 1 rings (SSSR count). The highest BCUT2D eigenvalue weighted by molar-refractivity contribution is 4.96. The number of hydrogen-bond donors (Lipinski definition) is 1. The van der Waals surface area contributed by atoms with Crippen molar-refractivity contribution in [2.24, 2.45) is 5.92 Å². The predicted octanol–water partition coefficient (Wildman–Crippen LogP) is 2.50. The molecule has 64 valence electrons. The van der Waals surface area contributed by atoms with E-state index in [0.29, 0.717) is 5.92 Å². The van der Waals surface area contributed by atoms with Crippen molar-refractivity contribution in [2.75, 3.05) is 0 Å². The molecule has 1 aliphatic carbocycles. The van der Waals surface area contributed by atoms with Gasteiger partial charge in [0.2, 0.25) is 0 Å². The topological polar surface area (TPSA) is 20.2 Å². The van der Waals surface area contributed by atoms with E-state index < -0.39 is 0 Å². The molecule has 0 aliphatic heterocycles. The Labute approximate surface area is 69.1 Å². The predicted molar refractivity (Wildman–Crippen MR) is 47.4 cm³/mol. The van der Waals surface area contributed by atoms with Crippen molar-refractivity contribution in [1.29, 1.82) is 0 Å². The minimum absolute atomic E-state index is 0.0634. The molecule has 0 amide bonds. The van der Waals surface area contributed by atoms with E-state index in [1.165, 1.54) is 12.8 Å². The van der Waals surface area contributed by atoms with Crippen molar-refractivity contribution in [3.05, 3.63) is 12.2 Å². The largest absolute Gasteiger partial charge is 0.393 e. The molecular weight excluding hydrogens is 136 g/mol. The fraction of sp³-hybridized carbons (Fsp3) is 0.800. The molecule has 0 aromatic heterocycles. The van der Waals surface area contributed by atoms with E-state index in [1.807, 2.05) is 0 Å². The van der Waals surface area contributed by atoms with Crippen molar-refractivity contribution in [3.8, 4) is 0 Å². The third-order valence-electron chi connectivity index (χ3n) is 2.40. The zero-order valence-electron chi connectivity index (χ0n) is 7.29. The fourth-order valence-corrected chi connectivity index (χ4v) is 1.61. The lowest BCUT2D eigenvalue weighted by atomic mass is 9.89. The maximum atomic E-state index is 9.54. The lowest BCUT2D eigenvalue weighted by Crippen LogP contribution is -2.20. The first-order chi connectivity index (χ1) is 5.34. The van der Waals surface area contributed by atoms with Crippen molar-refractivity contribution in [3.63, 3.8) is 0 Å². The van der Waals surface area contributed by atoms with Gasteiger partial charge in [-0.25, -0.2) is 0 Å². The van der Waals surface area contributed by atoms with Crippen LogP contribution in [0.15, 0.2) is 12.2 Å². The Balaban J connectivity index is 2.29. The molecule has 1 heteroatoms. The second kappa shape index (κ2) is 4.55. The van der Waals surface area contributed by atoms with E-state index >= 15 is 0 Å². The molecule has 1 N–H and O–H groups in total. The fourth-order valence-electron chi connectivity index (χ4n) is 1.61. The van der Waals surface area contributed by atoms with E-state index in [9.17, 15) is 5.11 Å². The standard InChI is InChI=1S/C10H18O/c1-2-3-6-9-7-4-5-8-10(9)11/h4,7,9-11H,2-3,5-6,8H2,1H3/t9-,10-/m1/s1. The van der Waals surface area contributed by atoms with Crippen LogP contribution in [-0.4, -0.2) is 11.2 Å². The Kier molecular flexibility index (Phi) is 3.64. The summed E-state index contributed by atoms with van der Waals surface area (Å²) in [6, 6.07) is 0. The van der Waals surface area contributed by atoms with Gasteiger partial charge >= 0.3 is 0 Å². The van der Waals surface area contributed by atoms with Crippen LogP contribution in [0.4, 0.5) is 0 Å². The van der Waals surface area contributed by atoms with Crippen LogP contribution in [0.1, 0.15) is 39.0 Å². The van der Waals surface area contributed by atoms with Gasteiger partial charge in [-0.3, -0.25) is 0 Å². The quantitative estimate of drug-likeness (QED) is 0.619. The van der Waals surface area contributed by atoms with Crippen molar-refractivity contribution >= 4 is 0 Å². The highest BCUT2D eigenvalue weighted by Gasteiger charge is 2.17. The second-order valence-corrected chi connectivity index (χ2v) is 3.38. The van der Waals surface area contributed by atoms with Crippen LogP contribution in [0, 0.1) is 5.92 Å². The molecule has 0 spiro atoms. The van der Waals surface area contributed by atoms with Crippen LogP contribution >= 0.6 is 0 Å². The van der Waals surface area contributed by atoms with Gasteiger partial charge in [0.25, 0.3) is 0 Å². The first-order valence-corrected chi connectivity index (χ1v) is 4.69. The molecular formula is C10H18O. The van der Waals surface area contributed by atoms with Gasteiger partial charge in [0, 0.05) is 5.92 Å². The molecule has 0 unspecified atom stereocenters. The first kappa shape index (κ1) is 8.79. The molecule has 0 aromatic rings. The van der Waals surface area contributed by atoms with Gasteiger partial charge in [0.05, 0.1) is 6.10 Å². The first-order valence-electron chi connectivity index (χ1n) is 4.69. The number of hydrogen-bond acceptors (Lipinski definition) is 1. The average Bonchev–Trinajstić information content (AvgIpc) is 2.03. The Morgan fingerprint density at radius 2 is 2.36 bits per heavy atom. The average molecular weight is 154 g/mol. The van der Waals surface area contributed by atoms with Gasteiger partial charge in [-0.15, -0.1) is 0 Å². The summed E-state index contributed by atoms with van der Waals surface area (Å²) in [6.07, 6.45) is 9.98. The maximum absolute atomic E-state index is 9.54. The zero-order valence-corrected chi connectivity index (χ0v) is 7.29. The summed E-state index contributed by atoms with van der Waals surface area (Å²) >= 11 is 0. The molecule has 11 heavy (non-hydrogen) atoms. The van der Waals surface area contributed by atoms with Crippen molar-refractivity contribution in [2.45, 2.75) is 45.1 Å². The second-order valence-electron chi connectivity index (χ2n) is 3.38. The molecule has 0 saturated heterocycles. The van der Waals surface area contributed by atoms with Crippen LogP contribution in [-0.2, 0) is 0 Å².